The molecule has 108 valence electrons. The van der Waals surface area contributed by atoms with Crippen LogP contribution in [0.25, 0.3) is 0 Å². The van der Waals surface area contributed by atoms with Gasteiger partial charge in [0.05, 0.1) is 12.7 Å². The summed E-state index contributed by atoms with van der Waals surface area (Å²) < 4.78 is 18.7. The molecule has 1 atom stereocenters. The molecule has 3 nitrogen and oxygen atoms in total. The SMILES string of the molecule is Cc1cc(OCCCC(C)(C#N)NC2CC2)ccc1F. The fraction of sp³-hybridized carbons (Fsp3) is 0.562. The smallest absolute Gasteiger partial charge is 0.126 e. The van der Waals surface area contributed by atoms with Crippen LogP contribution in [0.2, 0.25) is 0 Å². The molecular weight excluding hydrogens is 255 g/mol. The van der Waals surface area contributed by atoms with Crippen LogP contribution in [0.4, 0.5) is 4.39 Å². The van der Waals surface area contributed by atoms with E-state index < -0.39 is 5.54 Å². The highest BCUT2D eigenvalue weighted by Gasteiger charge is 2.31. The molecule has 1 unspecified atom stereocenters. The highest BCUT2D eigenvalue weighted by molar-refractivity contribution is 5.28. The Balaban J connectivity index is 1.74. The zero-order valence-corrected chi connectivity index (χ0v) is 12.1. The number of hydrogen-bond acceptors (Lipinski definition) is 3. The molecule has 1 saturated carbocycles. The molecule has 0 aliphatic heterocycles. The summed E-state index contributed by atoms with van der Waals surface area (Å²) in [4.78, 5) is 0. The average molecular weight is 276 g/mol. The number of nitrogens with zero attached hydrogens (tertiary/aromatic N) is 1. The topological polar surface area (TPSA) is 45.0 Å². The number of nitriles is 1. The Hall–Kier alpha value is -1.60. The van der Waals surface area contributed by atoms with Crippen molar-refractivity contribution < 1.29 is 9.13 Å². The molecule has 20 heavy (non-hydrogen) atoms. The van der Waals surface area contributed by atoms with Crippen molar-refractivity contribution >= 4 is 0 Å². The average Bonchev–Trinajstić information content (AvgIpc) is 3.22. The molecular formula is C16H21FN2O. The van der Waals surface area contributed by atoms with Crippen molar-refractivity contribution in [3.63, 3.8) is 0 Å². The van der Waals surface area contributed by atoms with E-state index in [9.17, 15) is 9.65 Å². The minimum atomic E-state index is -0.469. The van der Waals surface area contributed by atoms with E-state index in [1.54, 1.807) is 19.1 Å². The number of rotatable bonds is 7. The van der Waals surface area contributed by atoms with Crippen molar-refractivity contribution in [1.82, 2.24) is 5.32 Å². The first kappa shape index (κ1) is 14.8. The third-order valence-electron chi connectivity index (χ3n) is 3.57. The van der Waals surface area contributed by atoms with Crippen LogP contribution in [0.3, 0.4) is 0 Å². The van der Waals surface area contributed by atoms with Gasteiger partial charge >= 0.3 is 0 Å². The van der Waals surface area contributed by atoms with Crippen LogP contribution in [0, 0.1) is 24.1 Å². The van der Waals surface area contributed by atoms with E-state index in [1.165, 1.54) is 18.9 Å². The Morgan fingerprint density at radius 1 is 1.50 bits per heavy atom. The summed E-state index contributed by atoms with van der Waals surface area (Å²) >= 11 is 0. The Morgan fingerprint density at radius 3 is 2.85 bits per heavy atom. The molecule has 0 amide bonds. The second-order valence-electron chi connectivity index (χ2n) is 5.73. The van der Waals surface area contributed by atoms with Crippen molar-refractivity contribution in [2.45, 2.75) is 51.1 Å². The molecule has 0 heterocycles. The number of halogens is 1. The van der Waals surface area contributed by atoms with Crippen molar-refractivity contribution in [3.05, 3.63) is 29.6 Å². The van der Waals surface area contributed by atoms with Crippen LogP contribution in [0.5, 0.6) is 5.75 Å². The predicted molar refractivity (Wildman–Crippen MR) is 76.0 cm³/mol. The van der Waals surface area contributed by atoms with Crippen LogP contribution in [-0.2, 0) is 0 Å². The van der Waals surface area contributed by atoms with Crippen molar-refractivity contribution in [2.24, 2.45) is 0 Å². The Kier molecular flexibility index (Phi) is 4.61. The van der Waals surface area contributed by atoms with Gasteiger partial charge in [0.1, 0.15) is 17.1 Å². The minimum Gasteiger partial charge on any atom is -0.494 e. The van der Waals surface area contributed by atoms with Gasteiger partial charge in [-0.15, -0.1) is 0 Å². The predicted octanol–water partition coefficient (Wildman–Crippen LogP) is 3.33. The molecule has 1 aromatic carbocycles. The van der Waals surface area contributed by atoms with E-state index in [0.717, 1.165) is 12.8 Å². The van der Waals surface area contributed by atoms with Crippen LogP contribution < -0.4 is 10.1 Å². The maximum absolute atomic E-state index is 13.1. The van der Waals surface area contributed by atoms with Gasteiger partial charge in [-0.25, -0.2) is 4.39 Å². The lowest BCUT2D eigenvalue weighted by Crippen LogP contribution is -2.42. The molecule has 1 fully saturated rings. The van der Waals surface area contributed by atoms with E-state index in [2.05, 4.69) is 11.4 Å². The van der Waals surface area contributed by atoms with Gasteiger partial charge in [0, 0.05) is 6.04 Å². The fourth-order valence-corrected chi connectivity index (χ4v) is 2.16. The van der Waals surface area contributed by atoms with Crippen LogP contribution in [-0.4, -0.2) is 18.2 Å². The zero-order valence-electron chi connectivity index (χ0n) is 12.1. The molecule has 0 bridgehead atoms. The van der Waals surface area contributed by atoms with Gasteiger partial charge in [-0.05, 0) is 63.3 Å². The van der Waals surface area contributed by atoms with Crippen molar-refractivity contribution in [3.8, 4) is 11.8 Å². The first-order chi connectivity index (χ1) is 9.52. The quantitative estimate of drug-likeness (QED) is 0.777. The number of nitrogens with one attached hydrogen (secondary N) is 1. The molecule has 2 rings (SSSR count). The maximum Gasteiger partial charge on any atom is 0.126 e. The highest BCUT2D eigenvalue weighted by atomic mass is 19.1. The van der Waals surface area contributed by atoms with Gasteiger partial charge in [0.15, 0.2) is 0 Å². The van der Waals surface area contributed by atoms with Crippen LogP contribution >= 0.6 is 0 Å². The number of benzene rings is 1. The Morgan fingerprint density at radius 2 is 2.25 bits per heavy atom. The molecule has 0 spiro atoms. The summed E-state index contributed by atoms with van der Waals surface area (Å²) in [6, 6.07) is 7.61. The summed E-state index contributed by atoms with van der Waals surface area (Å²) in [7, 11) is 0. The van der Waals surface area contributed by atoms with Crippen molar-refractivity contribution in [1.29, 1.82) is 5.26 Å². The van der Waals surface area contributed by atoms with Gasteiger partial charge in [0.2, 0.25) is 0 Å². The summed E-state index contributed by atoms with van der Waals surface area (Å²) in [6.45, 7) is 4.19. The van der Waals surface area contributed by atoms with E-state index in [-0.39, 0.29) is 5.82 Å². The summed E-state index contributed by atoms with van der Waals surface area (Å²) in [5.41, 5.74) is 0.114. The fourth-order valence-electron chi connectivity index (χ4n) is 2.16. The lowest BCUT2D eigenvalue weighted by atomic mass is 9.98. The summed E-state index contributed by atoms with van der Waals surface area (Å²) in [6.07, 6.45) is 3.88. The monoisotopic (exact) mass is 276 g/mol. The van der Waals surface area contributed by atoms with E-state index in [1.807, 2.05) is 6.92 Å². The molecule has 1 aliphatic carbocycles. The maximum atomic E-state index is 13.1. The third kappa shape index (κ3) is 4.21. The van der Waals surface area contributed by atoms with Gasteiger partial charge in [-0.2, -0.15) is 5.26 Å². The lowest BCUT2D eigenvalue weighted by Gasteiger charge is -2.23. The molecule has 1 N–H and O–H groups in total. The zero-order chi connectivity index (χ0) is 14.6. The number of ether oxygens (including phenoxy) is 1. The second-order valence-corrected chi connectivity index (χ2v) is 5.73. The Bertz CT molecular complexity index is 508. The van der Waals surface area contributed by atoms with Gasteiger partial charge in [-0.1, -0.05) is 0 Å². The van der Waals surface area contributed by atoms with Gasteiger partial charge in [0.25, 0.3) is 0 Å². The molecule has 4 heteroatoms. The standard InChI is InChI=1S/C16H21FN2O/c1-12-10-14(6-7-15(12)17)20-9-3-8-16(2,11-18)19-13-4-5-13/h6-7,10,13,19H,3-5,8-9H2,1-2H3. The van der Waals surface area contributed by atoms with E-state index in [4.69, 9.17) is 4.74 Å². The van der Waals surface area contributed by atoms with E-state index in [0.29, 0.717) is 24.0 Å². The number of aryl methyl sites for hydroxylation is 1. The largest absolute Gasteiger partial charge is 0.494 e. The van der Waals surface area contributed by atoms with E-state index >= 15 is 0 Å². The minimum absolute atomic E-state index is 0.219. The number of hydrogen-bond donors (Lipinski definition) is 1. The van der Waals surface area contributed by atoms with Crippen molar-refractivity contribution in [2.75, 3.05) is 6.61 Å². The third-order valence-corrected chi connectivity index (χ3v) is 3.57. The molecule has 0 saturated heterocycles. The summed E-state index contributed by atoms with van der Waals surface area (Å²) in [5.74, 6) is 0.459. The molecule has 1 aliphatic rings. The van der Waals surface area contributed by atoms with Gasteiger partial charge < -0.3 is 4.74 Å². The van der Waals surface area contributed by atoms with Gasteiger partial charge in [-0.3, -0.25) is 5.32 Å². The van der Waals surface area contributed by atoms with Crippen LogP contribution in [0.1, 0.15) is 38.2 Å². The molecule has 0 aromatic heterocycles. The van der Waals surface area contributed by atoms with Crippen LogP contribution in [0.15, 0.2) is 18.2 Å². The highest BCUT2D eigenvalue weighted by Crippen LogP contribution is 2.24. The summed E-state index contributed by atoms with van der Waals surface area (Å²) in [5, 5.41) is 12.6. The first-order valence-corrected chi connectivity index (χ1v) is 7.10. The molecule has 1 aromatic rings. The molecule has 0 radical (unpaired) electrons. The Labute approximate surface area is 119 Å². The second kappa shape index (κ2) is 6.23. The first-order valence-electron chi connectivity index (χ1n) is 7.10. The lowest BCUT2D eigenvalue weighted by molar-refractivity contribution is 0.284. The normalized spacial score (nSPS) is 17.3.